The molecule has 3 aromatic heterocycles. The summed E-state index contributed by atoms with van der Waals surface area (Å²) in [6.07, 6.45) is 1.78. The molecule has 0 fully saturated rings. The Balaban J connectivity index is 1.94. The fraction of sp³-hybridized carbons (Fsp3) is 0.200. The SMILES string of the molecule is COc1nc(N)nn2ccc(-c3ccc4nnn(CCF)c4c3)c12. The number of benzene rings is 1. The molecule has 9 heteroatoms. The molecule has 0 saturated carbocycles. The number of halogens is 1. The molecular weight excluding hydrogens is 313 g/mol. The van der Waals surface area contributed by atoms with Crippen molar-refractivity contribution < 1.29 is 9.13 Å². The van der Waals surface area contributed by atoms with Crippen molar-refractivity contribution in [3.63, 3.8) is 0 Å². The molecule has 0 unspecified atom stereocenters. The molecule has 0 aliphatic carbocycles. The van der Waals surface area contributed by atoms with E-state index in [4.69, 9.17) is 10.5 Å². The monoisotopic (exact) mass is 327 g/mol. The van der Waals surface area contributed by atoms with Crippen molar-refractivity contribution in [2.75, 3.05) is 19.5 Å². The van der Waals surface area contributed by atoms with Crippen molar-refractivity contribution in [3.05, 3.63) is 30.5 Å². The van der Waals surface area contributed by atoms with E-state index in [-0.39, 0.29) is 12.5 Å². The highest BCUT2D eigenvalue weighted by Crippen LogP contribution is 2.32. The second kappa shape index (κ2) is 5.44. The molecule has 0 aliphatic heterocycles. The summed E-state index contributed by atoms with van der Waals surface area (Å²) in [5.41, 5.74) is 9.64. The number of nitrogens with zero attached hydrogens (tertiary/aromatic N) is 6. The Hall–Kier alpha value is -3.23. The zero-order valence-corrected chi connectivity index (χ0v) is 12.8. The first-order valence-corrected chi connectivity index (χ1v) is 7.29. The van der Waals surface area contributed by atoms with Crippen molar-refractivity contribution >= 4 is 22.5 Å². The summed E-state index contributed by atoms with van der Waals surface area (Å²) in [4.78, 5) is 4.12. The van der Waals surface area contributed by atoms with Gasteiger partial charge < -0.3 is 10.5 Å². The van der Waals surface area contributed by atoms with Gasteiger partial charge in [0, 0.05) is 11.8 Å². The Labute approximate surface area is 135 Å². The van der Waals surface area contributed by atoms with Gasteiger partial charge in [0.2, 0.25) is 11.8 Å². The van der Waals surface area contributed by atoms with Crippen LogP contribution in [0.4, 0.5) is 10.3 Å². The number of aryl methyl sites for hydroxylation is 1. The first-order valence-electron chi connectivity index (χ1n) is 7.29. The summed E-state index contributed by atoms with van der Waals surface area (Å²) in [7, 11) is 1.53. The maximum absolute atomic E-state index is 12.7. The number of aromatic nitrogens is 6. The number of methoxy groups -OCH3 is 1. The van der Waals surface area contributed by atoms with Crippen molar-refractivity contribution in [3.8, 4) is 17.0 Å². The number of ether oxygens (including phenoxy) is 1. The first-order chi connectivity index (χ1) is 11.7. The highest BCUT2D eigenvalue weighted by Gasteiger charge is 2.15. The van der Waals surface area contributed by atoms with Gasteiger partial charge in [-0.2, -0.15) is 4.98 Å². The molecule has 8 nitrogen and oxygen atoms in total. The Bertz CT molecular complexity index is 1040. The van der Waals surface area contributed by atoms with Gasteiger partial charge in [-0.05, 0) is 23.8 Å². The summed E-state index contributed by atoms with van der Waals surface area (Å²) < 4.78 is 21.2. The fourth-order valence-electron chi connectivity index (χ4n) is 2.76. The molecule has 0 atom stereocenters. The van der Waals surface area contributed by atoms with E-state index in [1.165, 1.54) is 7.11 Å². The van der Waals surface area contributed by atoms with Crippen LogP contribution in [-0.2, 0) is 6.54 Å². The number of anilines is 1. The molecule has 0 spiro atoms. The summed E-state index contributed by atoms with van der Waals surface area (Å²) in [6.45, 7) is -0.335. The number of nitrogens with two attached hydrogens (primary N) is 1. The molecule has 0 radical (unpaired) electrons. The minimum atomic E-state index is -0.501. The Morgan fingerprint density at radius 1 is 1.29 bits per heavy atom. The van der Waals surface area contributed by atoms with E-state index in [1.807, 2.05) is 24.3 Å². The Morgan fingerprint density at radius 2 is 2.17 bits per heavy atom. The molecule has 4 rings (SSSR count). The van der Waals surface area contributed by atoms with Gasteiger partial charge in [-0.15, -0.1) is 10.2 Å². The second-order valence-electron chi connectivity index (χ2n) is 5.21. The lowest BCUT2D eigenvalue weighted by molar-refractivity contribution is 0.400. The zero-order chi connectivity index (χ0) is 16.7. The zero-order valence-electron chi connectivity index (χ0n) is 12.8. The van der Waals surface area contributed by atoms with Crippen LogP contribution in [0, 0.1) is 0 Å². The minimum absolute atomic E-state index is 0.127. The number of hydrogen-bond donors (Lipinski definition) is 1. The van der Waals surface area contributed by atoms with Gasteiger partial charge in [-0.25, -0.2) is 13.6 Å². The van der Waals surface area contributed by atoms with E-state index < -0.39 is 6.67 Å². The van der Waals surface area contributed by atoms with Crippen LogP contribution in [0.3, 0.4) is 0 Å². The largest absolute Gasteiger partial charge is 0.479 e. The van der Waals surface area contributed by atoms with E-state index in [0.29, 0.717) is 16.9 Å². The third kappa shape index (κ3) is 2.13. The average Bonchev–Trinajstić information content (AvgIpc) is 3.18. The van der Waals surface area contributed by atoms with Crippen molar-refractivity contribution in [1.82, 2.24) is 29.6 Å². The summed E-state index contributed by atoms with van der Waals surface area (Å²) in [6, 6.07) is 7.58. The van der Waals surface area contributed by atoms with Crippen molar-refractivity contribution in [2.45, 2.75) is 6.54 Å². The topological polar surface area (TPSA) is 96.2 Å². The molecule has 1 aromatic carbocycles. The summed E-state index contributed by atoms with van der Waals surface area (Å²) >= 11 is 0. The molecule has 24 heavy (non-hydrogen) atoms. The molecule has 3 heterocycles. The van der Waals surface area contributed by atoms with E-state index in [2.05, 4.69) is 20.4 Å². The van der Waals surface area contributed by atoms with Gasteiger partial charge in [0.25, 0.3) is 0 Å². The van der Waals surface area contributed by atoms with E-state index in [9.17, 15) is 4.39 Å². The van der Waals surface area contributed by atoms with Crippen LogP contribution in [0.2, 0.25) is 0 Å². The number of fused-ring (bicyclic) bond motifs is 2. The molecule has 0 saturated heterocycles. The summed E-state index contributed by atoms with van der Waals surface area (Å²) in [5, 5.41) is 12.2. The summed E-state index contributed by atoms with van der Waals surface area (Å²) in [5.74, 6) is 0.514. The predicted octanol–water partition coefficient (Wildman–Crippen LogP) is 1.70. The van der Waals surface area contributed by atoms with E-state index in [0.717, 1.165) is 16.6 Å². The second-order valence-corrected chi connectivity index (χ2v) is 5.21. The van der Waals surface area contributed by atoms with Crippen LogP contribution in [0.25, 0.3) is 27.7 Å². The van der Waals surface area contributed by atoms with Gasteiger partial charge in [0.15, 0.2) is 0 Å². The van der Waals surface area contributed by atoms with Crippen molar-refractivity contribution in [1.29, 1.82) is 0 Å². The van der Waals surface area contributed by atoms with Gasteiger partial charge in [0.05, 0.1) is 19.2 Å². The normalized spacial score (nSPS) is 11.4. The maximum Gasteiger partial charge on any atom is 0.243 e. The standard InChI is InChI=1S/C15H14FN7O/c1-24-14-13-10(4-6-23(13)20-15(17)18-14)9-2-3-11-12(8-9)22(7-5-16)21-19-11/h2-4,6,8H,5,7H2,1H3,(H2,17,20). The number of alkyl halides is 1. The van der Waals surface area contributed by atoms with Gasteiger partial charge >= 0.3 is 0 Å². The molecule has 4 aromatic rings. The number of hydrogen-bond acceptors (Lipinski definition) is 6. The predicted molar refractivity (Wildman–Crippen MR) is 86.4 cm³/mol. The quantitative estimate of drug-likeness (QED) is 0.613. The van der Waals surface area contributed by atoms with Crippen LogP contribution in [0.1, 0.15) is 0 Å². The maximum atomic E-state index is 12.7. The average molecular weight is 327 g/mol. The molecule has 0 amide bonds. The van der Waals surface area contributed by atoms with Crippen LogP contribution in [0.5, 0.6) is 5.88 Å². The Morgan fingerprint density at radius 3 is 2.96 bits per heavy atom. The molecule has 122 valence electrons. The highest BCUT2D eigenvalue weighted by molar-refractivity contribution is 5.89. The highest BCUT2D eigenvalue weighted by atomic mass is 19.1. The van der Waals surface area contributed by atoms with Crippen LogP contribution >= 0.6 is 0 Å². The van der Waals surface area contributed by atoms with Gasteiger partial charge in [-0.1, -0.05) is 11.3 Å². The van der Waals surface area contributed by atoms with E-state index in [1.54, 1.807) is 15.4 Å². The lowest BCUT2D eigenvalue weighted by Gasteiger charge is -2.06. The number of nitrogen functional groups attached to an aromatic ring is 1. The lowest BCUT2D eigenvalue weighted by Crippen LogP contribution is -2.03. The third-order valence-electron chi connectivity index (χ3n) is 3.81. The smallest absolute Gasteiger partial charge is 0.243 e. The Kier molecular flexibility index (Phi) is 3.26. The molecule has 2 N–H and O–H groups in total. The first kappa shape index (κ1) is 14.4. The lowest BCUT2D eigenvalue weighted by atomic mass is 10.1. The molecule has 0 bridgehead atoms. The number of rotatable bonds is 4. The fourth-order valence-corrected chi connectivity index (χ4v) is 2.76. The molecular formula is C15H14FN7O. The van der Waals surface area contributed by atoms with Crippen LogP contribution in [0.15, 0.2) is 30.5 Å². The van der Waals surface area contributed by atoms with Crippen molar-refractivity contribution in [2.24, 2.45) is 0 Å². The molecule has 0 aliphatic rings. The van der Waals surface area contributed by atoms with E-state index >= 15 is 0 Å². The van der Waals surface area contributed by atoms with Gasteiger partial charge in [0.1, 0.15) is 17.7 Å². The van der Waals surface area contributed by atoms with Crippen LogP contribution < -0.4 is 10.5 Å². The third-order valence-corrected chi connectivity index (χ3v) is 3.81. The van der Waals surface area contributed by atoms with Crippen LogP contribution in [-0.4, -0.2) is 43.4 Å². The minimum Gasteiger partial charge on any atom is -0.479 e. The van der Waals surface area contributed by atoms with Gasteiger partial charge in [-0.3, -0.25) is 0 Å².